The summed E-state index contributed by atoms with van der Waals surface area (Å²) in [5, 5.41) is 2.47. The molecule has 11 heteroatoms. The molecule has 4 rings (SSSR count). The van der Waals surface area contributed by atoms with Gasteiger partial charge in [-0.2, -0.15) is 13.2 Å². The summed E-state index contributed by atoms with van der Waals surface area (Å²) in [5.74, 6) is -4.35. The average molecular weight is 448 g/mol. The van der Waals surface area contributed by atoms with E-state index in [4.69, 9.17) is 13.9 Å². The van der Waals surface area contributed by atoms with Crippen molar-refractivity contribution in [3.05, 3.63) is 29.5 Å². The average Bonchev–Trinajstić information content (AvgIpc) is 3.04. The number of halogens is 5. The standard InChI is InChI=1S/C20H21F5N2O4/c1-2-12-8-30-15(9-29-12)19(21,22)10-27-6-5-26-18(28)17-16(27)13-7-11(20(23,24)25)3-4-14(13)31-17/h3-4,7,12,15H,2,5-6,8-10H2,1H3,(H,26,28)/t12-,15-/m0/s1. The number of carbonyl (C=O) groups excluding carboxylic acids is 1. The zero-order valence-electron chi connectivity index (χ0n) is 16.6. The van der Waals surface area contributed by atoms with Gasteiger partial charge in [0, 0.05) is 18.5 Å². The normalized spacial score (nSPS) is 22.9. The fourth-order valence-corrected chi connectivity index (χ4v) is 3.76. The summed E-state index contributed by atoms with van der Waals surface area (Å²) in [7, 11) is 0. The van der Waals surface area contributed by atoms with Crippen LogP contribution < -0.4 is 10.2 Å². The Bertz CT molecular complexity index is 966. The van der Waals surface area contributed by atoms with E-state index in [-0.39, 0.29) is 54.8 Å². The fraction of sp³-hybridized carbons (Fsp3) is 0.550. The Kier molecular flexibility index (Phi) is 5.59. The maximum atomic E-state index is 15.1. The lowest BCUT2D eigenvalue weighted by atomic mass is 10.1. The molecule has 2 aliphatic rings. The van der Waals surface area contributed by atoms with Gasteiger partial charge in [0.25, 0.3) is 11.8 Å². The molecule has 31 heavy (non-hydrogen) atoms. The predicted molar refractivity (Wildman–Crippen MR) is 100 cm³/mol. The summed E-state index contributed by atoms with van der Waals surface area (Å²) in [6.45, 7) is 0.711. The Morgan fingerprint density at radius 1 is 1.16 bits per heavy atom. The monoisotopic (exact) mass is 448 g/mol. The van der Waals surface area contributed by atoms with Crippen LogP contribution in [0.1, 0.15) is 29.5 Å². The molecule has 0 saturated carbocycles. The van der Waals surface area contributed by atoms with Gasteiger partial charge >= 0.3 is 6.18 Å². The number of nitrogens with one attached hydrogen (secondary N) is 1. The lowest BCUT2D eigenvalue weighted by molar-refractivity contribution is -0.212. The van der Waals surface area contributed by atoms with Crippen molar-refractivity contribution in [2.45, 2.75) is 37.7 Å². The predicted octanol–water partition coefficient (Wildman–Crippen LogP) is 3.83. The van der Waals surface area contributed by atoms with Crippen LogP contribution in [0.25, 0.3) is 11.0 Å². The lowest BCUT2D eigenvalue weighted by Crippen LogP contribution is -2.52. The SMILES string of the molecule is CC[C@H]1CO[C@H](C(F)(F)CN2CCNC(=O)c3oc4ccc(C(F)(F)F)cc4c32)CO1. The van der Waals surface area contributed by atoms with Crippen LogP contribution in [0.3, 0.4) is 0 Å². The third-order valence-electron chi connectivity index (χ3n) is 5.47. The van der Waals surface area contributed by atoms with Crippen molar-refractivity contribution < 1.29 is 40.6 Å². The van der Waals surface area contributed by atoms with Gasteiger partial charge in [0.1, 0.15) is 11.7 Å². The molecule has 1 aromatic heterocycles. The Hall–Kier alpha value is -2.40. The van der Waals surface area contributed by atoms with E-state index in [9.17, 15) is 18.0 Å². The number of carbonyl (C=O) groups is 1. The molecule has 1 aromatic carbocycles. The van der Waals surface area contributed by atoms with Crippen LogP contribution in [0.2, 0.25) is 0 Å². The van der Waals surface area contributed by atoms with Gasteiger partial charge in [0.15, 0.2) is 0 Å². The van der Waals surface area contributed by atoms with Gasteiger partial charge < -0.3 is 24.1 Å². The number of nitrogens with zero attached hydrogens (tertiary/aromatic N) is 1. The molecule has 2 aliphatic heterocycles. The Balaban J connectivity index is 1.69. The molecule has 0 spiro atoms. The van der Waals surface area contributed by atoms with Crippen molar-refractivity contribution in [1.82, 2.24) is 5.32 Å². The molecular formula is C20H21F5N2O4. The summed E-state index contributed by atoms with van der Waals surface area (Å²) < 4.78 is 85.9. The second kappa shape index (κ2) is 7.94. The van der Waals surface area contributed by atoms with E-state index in [0.717, 1.165) is 18.2 Å². The Morgan fingerprint density at radius 2 is 1.94 bits per heavy atom. The smallest absolute Gasteiger partial charge is 0.416 e. The van der Waals surface area contributed by atoms with Crippen molar-refractivity contribution in [1.29, 1.82) is 0 Å². The number of rotatable bonds is 4. The van der Waals surface area contributed by atoms with E-state index in [0.29, 0.717) is 6.42 Å². The van der Waals surface area contributed by atoms with Crippen molar-refractivity contribution in [2.24, 2.45) is 0 Å². The number of hydrogen-bond acceptors (Lipinski definition) is 5. The highest BCUT2D eigenvalue weighted by molar-refractivity contribution is 6.07. The van der Waals surface area contributed by atoms with Gasteiger partial charge in [-0.15, -0.1) is 0 Å². The van der Waals surface area contributed by atoms with Gasteiger partial charge in [0.05, 0.1) is 37.1 Å². The van der Waals surface area contributed by atoms with E-state index >= 15 is 8.78 Å². The van der Waals surface area contributed by atoms with Crippen LogP contribution in [-0.4, -0.2) is 56.9 Å². The first-order chi connectivity index (χ1) is 14.6. The maximum Gasteiger partial charge on any atom is 0.416 e. The number of anilines is 1. The Morgan fingerprint density at radius 3 is 2.58 bits per heavy atom. The van der Waals surface area contributed by atoms with E-state index in [1.165, 1.54) is 4.90 Å². The minimum atomic E-state index is -4.64. The molecule has 0 aliphatic carbocycles. The number of fused-ring (bicyclic) bond motifs is 3. The highest BCUT2D eigenvalue weighted by Gasteiger charge is 2.46. The van der Waals surface area contributed by atoms with Crippen LogP contribution in [-0.2, 0) is 15.7 Å². The minimum Gasteiger partial charge on any atom is -0.449 e. The summed E-state index contributed by atoms with van der Waals surface area (Å²) in [4.78, 5) is 13.5. The molecule has 1 N–H and O–H groups in total. The molecule has 0 unspecified atom stereocenters. The second-order valence-electron chi connectivity index (χ2n) is 7.61. The second-order valence-corrected chi connectivity index (χ2v) is 7.61. The molecule has 0 bridgehead atoms. The topological polar surface area (TPSA) is 63.9 Å². The first kappa shape index (κ1) is 21.8. The molecule has 170 valence electrons. The summed E-state index contributed by atoms with van der Waals surface area (Å²) in [6.07, 6.45) is -5.76. The number of benzene rings is 1. The van der Waals surface area contributed by atoms with Gasteiger partial charge in [-0.3, -0.25) is 4.79 Å². The van der Waals surface area contributed by atoms with Gasteiger partial charge in [-0.1, -0.05) is 6.92 Å². The zero-order chi connectivity index (χ0) is 22.4. The van der Waals surface area contributed by atoms with Gasteiger partial charge in [-0.05, 0) is 24.6 Å². The molecule has 3 heterocycles. The third kappa shape index (κ3) is 4.20. The molecule has 0 radical (unpaired) electrons. The first-order valence-corrected chi connectivity index (χ1v) is 9.88. The largest absolute Gasteiger partial charge is 0.449 e. The molecule has 1 amide bonds. The van der Waals surface area contributed by atoms with E-state index in [1.807, 2.05) is 6.92 Å². The Labute approximate surface area is 174 Å². The lowest BCUT2D eigenvalue weighted by Gasteiger charge is -2.36. The van der Waals surface area contributed by atoms with Crippen molar-refractivity contribution in [2.75, 3.05) is 37.7 Å². The summed E-state index contributed by atoms with van der Waals surface area (Å²) in [5.41, 5.74) is -1.04. The van der Waals surface area contributed by atoms with E-state index in [1.54, 1.807) is 0 Å². The molecule has 1 fully saturated rings. The highest BCUT2D eigenvalue weighted by atomic mass is 19.4. The van der Waals surface area contributed by atoms with E-state index in [2.05, 4.69) is 5.32 Å². The van der Waals surface area contributed by atoms with Crippen LogP contribution in [0.4, 0.5) is 27.6 Å². The molecule has 2 aromatic rings. The zero-order valence-corrected chi connectivity index (χ0v) is 16.6. The summed E-state index contributed by atoms with van der Waals surface area (Å²) >= 11 is 0. The maximum absolute atomic E-state index is 15.1. The van der Waals surface area contributed by atoms with E-state index < -0.39 is 36.2 Å². The molecule has 6 nitrogen and oxygen atoms in total. The highest BCUT2D eigenvalue weighted by Crippen LogP contribution is 2.40. The fourth-order valence-electron chi connectivity index (χ4n) is 3.76. The van der Waals surface area contributed by atoms with Crippen LogP contribution in [0, 0.1) is 0 Å². The quantitative estimate of drug-likeness (QED) is 0.721. The minimum absolute atomic E-state index is 0.00593. The third-order valence-corrected chi connectivity index (χ3v) is 5.47. The number of furan rings is 1. The molecular weight excluding hydrogens is 427 g/mol. The van der Waals surface area contributed by atoms with Crippen molar-refractivity contribution in [3.8, 4) is 0 Å². The van der Waals surface area contributed by atoms with Gasteiger partial charge in [0.2, 0.25) is 5.76 Å². The van der Waals surface area contributed by atoms with Crippen molar-refractivity contribution in [3.63, 3.8) is 0 Å². The summed E-state index contributed by atoms with van der Waals surface area (Å²) in [6, 6.07) is 2.71. The number of amides is 1. The van der Waals surface area contributed by atoms with Crippen LogP contribution in [0.15, 0.2) is 22.6 Å². The van der Waals surface area contributed by atoms with Crippen LogP contribution >= 0.6 is 0 Å². The number of alkyl halides is 5. The molecule has 2 atom stereocenters. The van der Waals surface area contributed by atoms with Gasteiger partial charge in [-0.25, -0.2) is 8.78 Å². The number of hydrogen-bond donors (Lipinski definition) is 1. The van der Waals surface area contributed by atoms with Crippen molar-refractivity contribution >= 4 is 22.6 Å². The first-order valence-electron chi connectivity index (χ1n) is 9.88. The molecule has 1 saturated heterocycles. The van der Waals surface area contributed by atoms with Crippen LogP contribution in [0.5, 0.6) is 0 Å². The number of ether oxygens (including phenoxy) is 2.